The zero-order chi connectivity index (χ0) is 14.8. The maximum Gasteiger partial charge on any atom is 0.315 e. The van der Waals surface area contributed by atoms with Crippen molar-refractivity contribution in [2.45, 2.75) is 33.6 Å². The van der Waals surface area contributed by atoms with Crippen molar-refractivity contribution in [1.29, 1.82) is 0 Å². The summed E-state index contributed by atoms with van der Waals surface area (Å²) in [5, 5.41) is 5.53. The number of hydrogen-bond donors (Lipinski definition) is 2. The summed E-state index contributed by atoms with van der Waals surface area (Å²) in [6.07, 6.45) is -0.393. The van der Waals surface area contributed by atoms with Gasteiger partial charge in [-0.15, -0.1) is 0 Å². The second-order valence-corrected chi connectivity index (χ2v) is 4.39. The second-order valence-electron chi connectivity index (χ2n) is 4.39. The van der Waals surface area contributed by atoms with Gasteiger partial charge in [0.2, 0.25) is 0 Å². The Morgan fingerprint density at radius 2 is 1.70 bits per heavy atom. The van der Waals surface area contributed by atoms with Crippen LogP contribution in [0, 0.1) is 6.92 Å². The normalized spacial score (nSPS) is 10.6. The highest BCUT2D eigenvalue weighted by Crippen LogP contribution is 2.02. The minimum Gasteiger partial charge on any atom is -0.351 e. The Bertz CT molecular complexity index is 387. The zero-order valence-corrected chi connectivity index (χ0v) is 12.4. The van der Waals surface area contributed by atoms with Gasteiger partial charge in [-0.3, -0.25) is 0 Å². The molecule has 2 N–H and O–H groups in total. The number of amides is 2. The van der Waals surface area contributed by atoms with Crippen molar-refractivity contribution >= 4 is 6.03 Å². The SMILES string of the molecule is CCOC(CNC(=O)NCc1ccc(C)cc1)OCC. The predicted molar refractivity (Wildman–Crippen MR) is 78.5 cm³/mol. The van der Waals surface area contributed by atoms with Crippen LogP contribution in [0.3, 0.4) is 0 Å². The van der Waals surface area contributed by atoms with E-state index in [1.54, 1.807) is 0 Å². The highest BCUT2D eigenvalue weighted by molar-refractivity contribution is 5.73. The number of benzene rings is 1. The van der Waals surface area contributed by atoms with Crippen molar-refractivity contribution in [3.05, 3.63) is 35.4 Å². The zero-order valence-electron chi connectivity index (χ0n) is 12.4. The van der Waals surface area contributed by atoms with Gasteiger partial charge < -0.3 is 20.1 Å². The third-order valence-corrected chi connectivity index (χ3v) is 2.71. The molecule has 5 nitrogen and oxygen atoms in total. The van der Waals surface area contributed by atoms with E-state index in [1.807, 2.05) is 45.0 Å². The minimum atomic E-state index is -0.393. The first kappa shape index (κ1) is 16.5. The van der Waals surface area contributed by atoms with E-state index in [4.69, 9.17) is 9.47 Å². The van der Waals surface area contributed by atoms with Crippen molar-refractivity contribution in [2.24, 2.45) is 0 Å². The molecule has 0 unspecified atom stereocenters. The van der Waals surface area contributed by atoms with E-state index >= 15 is 0 Å². The number of hydrogen-bond acceptors (Lipinski definition) is 3. The van der Waals surface area contributed by atoms with Crippen LogP contribution in [0.2, 0.25) is 0 Å². The van der Waals surface area contributed by atoms with Gasteiger partial charge in [0, 0.05) is 19.8 Å². The van der Waals surface area contributed by atoms with Crippen molar-refractivity contribution in [1.82, 2.24) is 10.6 Å². The first-order chi connectivity index (χ1) is 9.65. The molecule has 0 aromatic heterocycles. The summed E-state index contributed by atoms with van der Waals surface area (Å²) >= 11 is 0. The molecular formula is C15H24N2O3. The summed E-state index contributed by atoms with van der Waals surface area (Å²) in [7, 11) is 0. The fourth-order valence-corrected chi connectivity index (χ4v) is 1.66. The summed E-state index contributed by atoms with van der Waals surface area (Å²) in [5.74, 6) is 0. The first-order valence-corrected chi connectivity index (χ1v) is 6.96. The molecule has 0 fully saturated rings. The summed E-state index contributed by atoms with van der Waals surface area (Å²) < 4.78 is 10.7. The number of urea groups is 1. The number of rotatable bonds is 8. The van der Waals surface area contributed by atoms with Crippen LogP contribution in [0.15, 0.2) is 24.3 Å². The lowest BCUT2D eigenvalue weighted by molar-refractivity contribution is -0.131. The molecule has 5 heteroatoms. The van der Waals surface area contributed by atoms with Gasteiger partial charge in [0.05, 0.1) is 6.54 Å². The van der Waals surface area contributed by atoms with Crippen LogP contribution < -0.4 is 10.6 Å². The molecule has 0 spiro atoms. The molecule has 0 saturated heterocycles. The quantitative estimate of drug-likeness (QED) is 0.718. The van der Waals surface area contributed by atoms with Gasteiger partial charge >= 0.3 is 6.03 Å². The van der Waals surface area contributed by atoms with Crippen LogP contribution >= 0.6 is 0 Å². The number of ether oxygens (including phenoxy) is 2. The molecule has 112 valence electrons. The summed E-state index contributed by atoms with van der Waals surface area (Å²) in [4.78, 5) is 11.7. The molecule has 1 aromatic carbocycles. The van der Waals surface area contributed by atoms with Crippen LogP contribution in [0.5, 0.6) is 0 Å². The van der Waals surface area contributed by atoms with E-state index in [0.29, 0.717) is 26.3 Å². The Hall–Kier alpha value is -1.59. The van der Waals surface area contributed by atoms with Crippen molar-refractivity contribution < 1.29 is 14.3 Å². The molecule has 0 aliphatic rings. The van der Waals surface area contributed by atoms with E-state index in [0.717, 1.165) is 5.56 Å². The molecule has 20 heavy (non-hydrogen) atoms. The Kier molecular flexibility index (Phi) is 7.69. The molecule has 2 amide bonds. The Labute approximate surface area is 120 Å². The third-order valence-electron chi connectivity index (χ3n) is 2.71. The Balaban J connectivity index is 2.27. The summed E-state index contributed by atoms with van der Waals surface area (Å²) in [5.41, 5.74) is 2.27. The number of nitrogens with one attached hydrogen (secondary N) is 2. The highest BCUT2D eigenvalue weighted by atomic mass is 16.7. The van der Waals surface area contributed by atoms with E-state index in [1.165, 1.54) is 5.56 Å². The topological polar surface area (TPSA) is 59.6 Å². The molecule has 1 rings (SSSR count). The van der Waals surface area contributed by atoms with Crippen LogP contribution in [0.1, 0.15) is 25.0 Å². The van der Waals surface area contributed by atoms with Crippen LogP contribution in [0.25, 0.3) is 0 Å². The highest BCUT2D eigenvalue weighted by Gasteiger charge is 2.09. The van der Waals surface area contributed by atoms with E-state index in [2.05, 4.69) is 10.6 Å². The predicted octanol–water partition coefficient (Wildman–Crippen LogP) is 2.19. The maximum atomic E-state index is 11.7. The van der Waals surface area contributed by atoms with Gasteiger partial charge in [-0.05, 0) is 26.3 Å². The molecule has 0 atom stereocenters. The van der Waals surface area contributed by atoms with Crippen LogP contribution in [-0.2, 0) is 16.0 Å². The Morgan fingerprint density at radius 1 is 1.10 bits per heavy atom. The molecule has 0 aliphatic heterocycles. The van der Waals surface area contributed by atoms with Crippen molar-refractivity contribution in [2.75, 3.05) is 19.8 Å². The van der Waals surface area contributed by atoms with Crippen molar-refractivity contribution in [3.63, 3.8) is 0 Å². The molecule has 1 aromatic rings. The third kappa shape index (κ3) is 6.54. The summed E-state index contributed by atoms with van der Waals surface area (Å²) in [6, 6.07) is 7.82. The van der Waals surface area contributed by atoms with Crippen LogP contribution in [0.4, 0.5) is 4.79 Å². The van der Waals surface area contributed by atoms with E-state index in [-0.39, 0.29) is 6.03 Å². The van der Waals surface area contributed by atoms with Gasteiger partial charge in [-0.2, -0.15) is 0 Å². The fraction of sp³-hybridized carbons (Fsp3) is 0.533. The van der Waals surface area contributed by atoms with Gasteiger partial charge in [0.1, 0.15) is 0 Å². The van der Waals surface area contributed by atoms with E-state index < -0.39 is 6.29 Å². The van der Waals surface area contributed by atoms with Gasteiger partial charge in [-0.1, -0.05) is 29.8 Å². The molecular weight excluding hydrogens is 256 g/mol. The lowest BCUT2D eigenvalue weighted by Gasteiger charge is -2.17. The van der Waals surface area contributed by atoms with Gasteiger partial charge in [-0.25, -0.2) is 4.79 Å². The average molecular weight is 280 g/mol. The molecule has 0 bridgehead atoms. The first-order valence-electron chi connectivity index (χ1n) is 6.96. The largest absolute Gasteiger partial charge is 0.351 e. The number of carbonyl (C=O) groups is 1. The fourth-order valence-electron chi connectivity index (χ4n) is 1.66. The minimum absolute atomic E-state index is 0.227. The second kappa shape index (κ2) is 9.34. The molecule has 0 heterocycles. The summed E-state index contributed by atoms with van der Waals surface area (Å²) in [6.45, 7) is 7.76. The van der Waals surface area contributed by atoms with Crippen molar-refractivity contribution in [3.8, 4) is 0 Å². The van der Waals surface area contributed by atoms with Gasteiger partial charge in [0.15, 0.2) is 6.29 Å². The number of carbonyl (C=O) groups excluding carboxylic acids is 1. The molecule has 0 radical (unpaired) electrons. The Morgan fingerprint density at radius 3 is 2.25 bits per heavy atom. The van der Waals surface area contributed by atoms with E-state index in [9.17, 15) is 4.79 Å². The smallest absolute Gasteiger partial charge is 0.315 e. The number of aryl methyl sites for hydroxylation is 1. The van der Waals surface area contributed by atoms with Crippen LogP contribution in [-0.4, -0.2) is 32.1 Å². The standard InChI is InChI=1S/C15H24N2O3/c1-4-19-14(20-5-2)11-17-15(18)16-10-13-8-6-12(3)7-9-13/h6-9,14H,4-5,10-11H2,1-3H3,(H2,16,17,18). The maximum absolute atomic E-state index is 11.7. The molecule has 0 saturated carbocycles. The lowest BCUT2D eigenvalue weighted by atomic mass is 10.1. The molecule has 0 aliphatic carbocycles. The average Bonchev–Trinajstić information content (AvgIpc) is 2.44. The monoisotopic (exact) mass is 280 g/mol. The lowest BCUT2D eigenvalue weighted by Crippen LogP contribution is -2.41. The van der Waals surface area contributed by atoms with Gasteiger partial charge in [0.25, 0.3) is 0 Å².